The number of ether oxygens (including phenoxy) is 1. The number of carbonyl (C=O) groups excluding carboxylic acids is 4. The van der Waals surface area contributed by atoms with Gasteiger partial charge < -0.3 is 15.0 Å². The predicted molar refractivity (Wildman–Crippen MR) is 113 cm³/mol. The number of nitrogens with one attached hydrogen (secondary N) is 1. The van der Waals surface area contributed by atoms with Crippen LogP contribution in [0.25, 0.3) is 0 Å². The lowest BCUT2D eigenvalue weighted by atomic mass is 9.99. The van der Waals surface area contributed by atoms with Gasteiger partial charge in [0.05, 0.1) is 12.0 Å². The number of anilines is 1. The Bertz CT molecular complexity index is 1030. The van der Waals surface area contributed by atoms with E-state index in [1.165, 1.54) is 0 Å². The van der Waals surface area contributed by atoms with E-state index < -0.39 is 11.9 Å². The quantitative estimate of drug-likeness (QED) is 0.573. The second-order valence-electron chi connectivity index (χ2n) is 7.98. The van der Waals surface area contributed by atoms with Gasteiger partial charge in [-0.3, -0.25) is 19.2 Å². The molecule has 1 fully saturated rings. The molecule has 0 saturated carbocycles. The van der Waals surface area contributed by atoms with Gasteiger partial charge in [0.25, 0.3) is 0 Å². The third kappa shape index (κ3) is 4.50. The van der Waals surface area contributed by atoms with Crippen molar-refractivity contribution in [1.29, 1.82) is 0 Å². The van der Waals surface area contributed by atoms with E-state index in [4.69, 9.17) is 4.74 Å². The summed E-state index contributed by atoms with van der Waals surface area (Å²) in [7, 11) is 0. The largest absolute Gasteiger partial charge is 0.457 e. The standard InChI is InChI=1S/C24H24N2O5/c1-15(16-5-3-2-4-6-16)26-13-19(12-23(26)29)24(30)31-14-21(27)18-7-9-20-17(11-18)8-10-22(28)25-20/h2-7,9,11,15,19H,8,10,12-14H2,1H3,(H,25,28)/t15-,19+/m0/s1. The van der Waals surface area contributed by atoms with Crippen molar-refractivity contribution in [3.8, 4) is 0 Å². The van der Waals surface area contributed by atoms with E-state index in [1.807, 2.05) is 37.3 Å². The van der Waals surface area contributed by atoms with Gasteiger partial charge in [0, 0.05) is 30.6 Å². The van der Waals surface area contributed by atoms with E-state index in [9.17, 15) is 19.2 Å². The van der Waals surface area contributed by atoms with Crippen molar-refractivity contribution >= 4 is 29.3 Å². The molecule has 0 spiro atoms. The van der Waals surface area contributed by atoms with Crippen LogP contribution in [0.4, 0.5) is 5.69 Å². The fourth-order valence-corrected chi connectivity index (χ4v) is 4.07. The molecule has 4 rings (SSSR count). The Hall–Kier alpha value is -3.48. The zero-order chi connectivity index (χ0) is 22.0. The monoisotopic (exact) mass is 420 g/mol. The summed E-state index contributed by atoms with van der Waals surface area (Å²) in [5.74, 6) is -1.56. The van der Waals surface area contributed by atoms with Gasteiger partial charge in [0.2, 0.25) is 11.8 Å². The highest BCUT2D eigenvalue weighted by molar-refractivity contribution is 6.00. The van der Waals surface area contributed by atoms with Crippen molar-refractivity contribution in [2.45, 2.75) is 32.2 Å². The number of carbonyl (C=O) groups is 4. The lowest BCUT2D eigenvalue weighted by Crippen LogP contribution is -2.30. The number of esters is 1. The number of rotatable bonds is 6. The zero-order valence-corrected chi connectivity index (χ0v) is 17.3. The van der Waals surface area contributed by atoms with Crippen molar-refractivity contribution < 1.29 is 23.9 Å². The van der Waals surface area contributed by atoms with Gasteiger partial charge in [0.1, 0.15) is 0 Å². The van der Waals surface area contributed by atoms with Crippen LogP contribution in [-0.4, -0.2) is 41.6 Å². The fourth-order valence-electron chi connectivity index (χ4n) is 4.07. The highest BCUT2D eigenvalue weighted by Gasteiger charge is 2.38. The van der Waals surface area contributed by atoms with Crippen LogP contribution in [0.5, 0.6) is 0 Å². The molecule has 7 heteroatoms. The van der Waals surface area contributed by atoms with Crippen molar-refractivity contribution in [2.75, 3.05) is 18.5 Å². The summed E-state index contributed by atoms with van der Waals surface area (Å²) in [6, 6.07) is 14.5. The molecule has 2 aromatic rings. The third-order valence-electron chi connectivity index (χ3n) is 5.91. The number of nitrogens with zero attached hydrogens (tertiary/aromatic N) is 1. The molecule has 2 atom stereocenters. The van der Waals surface area contributed by atoms with Crippen molar-refractivity contribution in [1.82, 2.24) is 4.90 Å². The molecule has 0 unspecified atom stereocenters. The number of hydrogen-bond acceptors (Lipinski definition) is 5. The molecule has 1 saturated heterocycles. The average molecular weight is 420 g/mol. The first-order valence-corrected chi connectivity index (χ1v) is 10.4. The van der Waals surface area contributed by atoms with Crippen molar-refractivity contribution in [3.05, 3.63) is 65.2 Å². The van der Waals surface area contributed by atoms with Gasteiger partial charge in [-0.05, 0) is 42.7 Å². The summed E-state index contributed by atoms with van der Waals surface area (Å²) in [5, 5.41) is 2.77. The normalized spacial score (nSPS) is 18.9. The van der Waals surface area contributed by atoms with Crippen molar-refractivity contribution in [2.24, 2.45) is 5.92 Å². The minimum Gasteiger partial charge on any atom is -0.457 e. The van der Waals surface area contributed by atoms with E-state index in [1.54, 1.807) is 23.1 Å². The molecule has 0 aliphatic carbocycles. The Labute approximate surface area is 180 Å². The molecule has 0 aromatic heterocycles. The Morgan fingerprint density at radius 2 is 1.90 bits per heavy atom. The van der Waals surface area contributed by atoms with Gasteiger partial charge >= 0.3 is 5.97 Å². The molecular weight excluding hydrogens is 396 g/mol. The Morgan fingerprint density at radius 1 is 1.13 bits per heavy atom. The summed E-state index contributed by atoms with van der Waals surface area (Å²) < 4.78 is 5.25. The van der Waals surface area contributed by atoms with E-state index in [0.717, 1.165) is 11.1 Å². The van der Waals surface area contributed by atoms with Crippen LogP contribution in [0.2, 0.25) is 0 Å². The Kier molecular flexibility index (Phi) is 5.84. The van der Waals surface area contributed by atoms with E-state index >= 15 is 0 Å². The first-order valence-electron chi connectivity index (χ1n) is 10.4. The Morgan fingerprint density at radius 3 is 2.68 bits per heavy atom. The summed E-state index contributed by atoms with van der Waals surface area (Å²) in [4.78, 5) is 50.6. The molecule has 0 bridgehead atoms. The lowest BCUT2D eigenvalue weighted by Gasteiger charge is -2.25. The van der Waals surface area contributed by atoms with Crippen LogP contribution >= 0.6 is 0 Å². The first-order chi connectivity index (χ1) is 14.9. The molecular formula is C24H24N2O5. The third-order valence-corrected chi connectivity index (χ3v) is 5.91. The number of benzene rings is 2. The number of Topliss-reactive ketones (excluding diaryl/α,β-unsaturated/α-hetero) is 1. The molecule has 7 nitrogen and oxygen atoms in total. The number of likely N-dealkylation sites (tertiary alicyclic amines) is 1. The molecule has 0 radical (unpaired) electrons. The van der Waals surface area contributed by atoms with Crippen LogP contribution in [0.15, 0.2) is 48.5 Å². The van der Waals surface area contributed by atoms with Crippen LogP contribution in [0, 0.1) is 5.92 Å². The molecule has 2 heterocycles. The number of fused-ring (bicyclic) bond motifs is 1. The number of aryl methyl sites for hydroxylation is 1. The van der Waals surface area contributed by atoms with Gasteiger partial charge in [-0.15, -0.1) is 0 Å². The minimum atomic E-state index is -0.579. The minimum absolute atomic E-state index is 0.0396. The average Bonchev–Trinajstić information content (AvgIpc) is 3.18. The zero-order valence-electron chi connectivity index (χ0n) is 17.3. The second kappa shape index (κ2) is 8.71. The Balaban J connectivity index is 1.33. The number of amides is 2. The molecule has 2 aromatic carbocycles. The SMILES string of the molecule is C[C@@H](c1ccccc1)N1C[C@H](C(=O)OCC(=O)c2ccc3c(c2)CCC(=O)N3)CC1=O. The van der Waals surface area contributed by atoms with Crippen LogP contribution in [0.3, 0.4) is 0 Å². The lowest BCUT2D eigenvalue weighted by molar-refractivity contribution is -0.147. The van der Waals surface area contributed by atoms with Crippen LogP contribution in [0.1, 0.15) is 47.3 Å². The molecule has 2 aliphatic heterocycles. The van der Waals surface area contributed by atoms with Gasteiger partial charge in [-0.25, -0.2) is 0 Å². The maximum atomic E-state index is 12.5. The second-order valence-corrected chi connectivity index (χ2v) is 7.98. The van der Waals surface area contributed by atoms with Gasteiger partial charge in [-0.1, -0.05) is 30.3 Å². The number of hydrogen-bond donors (Lipinski definition) is 1. The van der Waals surface area contributed by atoms with E-state index in [0.29, 0.717) is 24.1 Å². The predicted octanol–water partition coefficient (Wildman–Crippen LogP) is 2.91. The smallest absolute Gasteiger partial charge is 0.311 e. The summed E-state index contributed by atoms with van der Waals surface area (Å²) in [5.41, 5.74) is 3.04. The molecule has 2 amide bonds. The highest BCUT2D eigenvalue weighted by Crippen LogP contribution is 2.29. The highest BCUT2D eigenvalue weighted by atomic mass is 16.5. The van der Waals surface area contributed by atoms with Crippen molar-refractivity contribution in [3.63, 3.8) is 0 Å². The van der Waals surface area contributed by atoms with Gasteiger partial charge in [-0.2, -0.15) is 0 Å². The van der Waals surface area contributed by atoms with Crippen LogP contribution in [-0.2, 0) is 25.5 Å². The maximum absolute atomic E-state index is 12.5. The van der Waals surface area contributed by atoms with E-state index in [-0.39, 0.29) is 43.2 Å². The van der Waals surface area contributed by atoms with Gasteiger partial charge in [0.15, 0.2) is 12.4 Å². The maximum Gasteiger partial charge on any atom is 0.311 e. The van der Waals surface area contributed by atoms with Crippen LogP contribution < -0.4 is 5.32 Å². The molecule has 160 valence electrons. The fraction of sp³-hybridized carbons (Fsp3) is 0.333. The summed E-state index contributed by atoms with van der Waals surface area (Å²) in [6.45, 7) is 1.84. The summed E-state index contributed by atoms with van der Waals surface area (Å²) >= 11 is 0. The summed E-state index contributed by atoms with van der Waals surface area (Å²) in [6.07, 6.45) is 1.04. The first kappa shape index (κ1) is 20.8. The van der Waals surface area contributed by atoms with E-state index in [2.05, 4.69) is 5.32 Å². The topological polar surface area (TPSA) is 92.8 Å². The number of ketones is 1. The molecule has 1 N–H and O–H groups in total. The molecule has 2 aliphatic rings. The molecule has 31 heavy (non-hydrogen) atoms.